The van der Waals surface area contributed by atoms with Gasteiger partial charge >= 0.3 is 0 Å². The highest BCUT2D eigenvalue weighted by molar-refractivity contribution is 5.83. The highest BCUT2D eigenvalue weighted by atomic mass is 15.4. The molecule has 0 radical (unpaired) electrons. The zero-order valence-corrected chi connectivity index (χ0v) is 22.0. The molecule has 198 valence electrons. The van der Waals surface area contributed by atoms with Crippen molar-refractivity contribution < 1.29 is 0 Å². The topological polar surface area (TPSA) is 121 Å². The molecule has 11 heteroatoms. The summed E-state index contributed by atoms with van der Waals surface area (Å²) in [5, 5.41) is 13.4. The van der Waals surface area contributed by atoms with Gasteiger partial charge in [-0.3, -0.25) is 4.57 Å². The Balaban J connectivity index is 1.23. The Labute approximate surface area is 229 Å². The fraction of sp³-hybridized carbons (Fsp3) is 0.241. The summed E-state index contributed by atoms with van der Waals surface area (Å²) in [5.41, 5.74) is 13.2. The summed E-state index contributed by atoms with van der Waals surface area (Å²) in [6, 6.07) is 16.4. The SMILES string of the molecule is CN1CC(c2cn([C@H]3CCc4cc(-n5c(-c6cccnc6N)nc6ccc(-n7cccn7)nc65)ccc43)nn2)C1. The van der Waals surface area contributed by atoms with Crippen molar-refractivity contribution in [2.45, 2.75) is 24.8 Å². The molecule has 1 atom stereocenters. The van der Waals surface area contributed by atoms with Gasteiger partial charge in [0.1, 0.15) is 11.3 Å². The minimum atomic E-state index is 0.181. The monoisotopic (exact) mass is 529 g/mol. The van der Waals surface area contributed by atoms with E-state index in [0.717, 1.165) is 54.0 Å². The standard InChI is InChI=1S/C29H27N11/c1-37-15-19(16-37)24-17-39(36-35-24)25-9-5-18-14-20(6-7-21(18)25)40-28(22-4-2-11-31-27(22)30)33-23-8-10-26(34-29(23)40)38-13-3-12-32-38/h2-4,6-8,10-14,17,19,25H,5,9,15-16H2,1H3,(H2,30,31)/t25-/m0/s1. The fourth-order valence-electron chi connectivity index (χ4n) is 6.02. The molecule has 1 saturated heterocycles. The minimum absolute atomic E-state index is 0.181. The summed E-state index contributed by atoms with van der Waals surface area (Å²) in [6.45, 7) is 2.09. The number of nitrogens with zero attached hydrogens (tertiary/aromatic N) is 10. The molecule has 8 rings (SSSR count). The van der Waals surface area contributed by atoms with Crippen LogP contribution in [0.3, 0.4) is 0 Å². The van der Waals surface area contributed by atoms with E-state index in [4.69, 9.17) is 15.7 Å². The zero-order valence-electron chi connectivity index (χ0n) is 22.0. The Kier molecular flexibility index (Phi) is 5.08. The van der Waals surface area contributed by atoms with Crippen molar-refractivity contribution in [1.29, 1.82) is 0 Å². The van der Waals surface area contributed by atoms with Crippen LogP contribution in [0.15, 0.2) is 73.3 Å². The molecule has 40 heavy (non-hydrogen) atoms. The lowest BCUT2D eigenvalue weighted by atomic mass is 9.98. The van der Waals surface area contributed by atoms with Crippen LogP contribution in [0.2, 0.25) is 0 Å². The third kappa shape index (κ3) is 3.62. The van der Waals surface area contributed by atoms with E-state index < -0.39 is 0 Å². The van der Waals surface area contributed by atoms with Crippen LogP contribution < -0.4 is 5.73 Å². The van der Waals surface area contributed by atoms with Crippen molar-refractivity contribution >= 4 is 17.0 Å². The molecule has 0 unspecified atom stereocenters. The normalized spacial score (nSPS) is 17.4. The van der Waals surface area contributed by atoms with E-state index in [2.05, 4.69) is 61.3 Å². The molecule has 0 amide bonds. The van der Waals surface area contributed by atoms with Crippen molar-refractivity contribution in [3.8, 4) is 22.9 Å². The van der Waals surface area contributed by atoms with E-state index in [0.29, 0.717) is 23.4 Å². The van der Waals surface area contributed by atoms with Gasteiger partial charge in [0.05, 0.1) is 17.3 Å². The van der Waals surface area contributed by atoms with Crippen molar-refractivity contribution in [3.05, 3.63) is 90.1 Å². The maximum Gasteiger partial charge on any atom is 0.167 e. The molecule has 2 N–H and O–H groups in total. The molecule has 1 fully saturated rings. The molecule has 0 saturated carbocycles. The van der Waals surface area contributed by atoms with Gasteiger partial charge in [-0.1, -0.05) is 11.3 Å². The van der Waals surface area contributed by atoms with Crippen molar-refractivity contribution in [2.75, 3.05) is 25.9 Å². The molecule has 1 aliphatic heterocycles. The lowest BCUT2D eigenvalue weighted by molar-refractivity contribution is 0.186. The van der Waals surface area contributed by atoms with Crippen LogP contribution in [0, 0.1) is 0 Å². The number of aromatic nitrogens is 9. The second-order valence-corrected chi connectivity index (χ2v) is 10.6. The Morgan fingerprint density at radius 2 is 1.93 bits per heavy atom. The number of aryl methyl sites for hydroxylation is 1. The Bertz CT molecular complexity index is 1860. The molecule has 0 spiro atoms. The number of nitrogens with two attached hydrogens (primary N) is 1. The van der Waals surface area contributed by atoms with Gasteiger partial charge in [0.2, 0.25) is 0 Å². The average Bonchev–Trinajstić information content (AvgIpc) is 3.76. The van der Waals surface area contributed by atoms with Gasteiger partial charge in [-0.05, 0) is 73.5 Å². The number of fused-ring (bicyclic) bond motifs is 2. The molecular weight excluding hydrogens is 502 g/mol. The van der Waals surface area contributed by atoms with Crippen LogP contribution in [-0.4, -0.2) is 69.3 Å². The van der Waals surface area contributed by atoms with Gasteiger partial charge in [-0.25, -0.2) is 24.3 Å². The van der Waals surface area contributed by atoms with Crippen molar-refractivity contribution in [1.82, 2.24) is 49.2 Å². The molecule has 0 bridgehead atoms. The number of anilines is 1. The van der Waals surface area contributed by atoms with Crippen LogP contribution >= 0.6 is 0 Å². The van der Waals surface area contributed by atoms with Crippen LogP contribution in [0.5, 0.6) is 0 Å². The predicted octanol–water partition coefficient (Wildman–Crippen LogP) is 3.41. The zero-order chi connectivity index (χ0) is 26.8. The number of likely N-dealkylation sites (tertiary alicyclic amines) is 1. The molecule has 11 nitrogen and oxygen atoms in total. The van der Waals surface area contributed by atoms with E-state index in [-0.39, 0.29) is 6.04 Å². The van der Waals surface area contributed by atoms with E-state index in [9.17, 15) is 0 Å². The number of hydrogen-bond acceptors (Lipinski definition) is 8. The van der Waals surface area contributed by atoms with Gasteiger partial charge < -0.3 is 10.6 Å². The number of hydrogen-bond donors (Lipinski definition) is 1. The van der Waals surface area contributed by atoms with Gasteiger partial charge in [-0.15, -0.1) is 5.10 Å². The minimum Gasteiger partial charge on any atom is -0.383 e. The number of pyridine rings is 2. The van der Waals surface area contributed by atoms with E-state index in [1.165, 1.54) is 11.1 Å². The van der Waals surface area contributed by atoms with Crippen LogP contribution in [0.1, 0.15) is 35.2 Å². The summed E-state index contributed by atoms with van der Waals surface area (Å²) >= 11 is 0. The summed E-state index contributed by atoms with van der Waals surface area (Å²) in [5.74, 6) is 2.32. The predicted molar refractivity (Wildman–Crippen MR) is 150 cm³/mol. The second kappa shape index (κ2) is 8.82. The lowest BCUT2D eigenvalue weighted by Gasteiger charge is -2.34. The van der Waals surface area contributed by atoms with Gasteiger partial charge in [0, 0.05) is 49.5 Å². The van der Waals surface area contributed by atoms with Crippen LogP contribution in [0.4, 0.5) is 5.82 Å². The highest BCUT2D eigenvalue weighted by Gasteiger charge is 2.30. The Morgan fingerprint density at radius 3 is 2.75 bits per heavy atom. The maximum absolute atomic E-state index is 6.33. The van der Waals surface area contributed by atoms with Gasteiger partial charge in [0.15, 0.2) is 17.3 Å². The second-order valence-electron chi connectivity index (χ2n) is 10.6. The van der Waals surface area contributed by atoms with Crippen LogP contribution in [0.25, 0.3) is 34.1 Å². The first-order valence-corrected chi connectivity index (χ1v) is 13.5. The molecule has 5 aromatic heterocycles. The molecule has 1 aliphatic carbocycles. The fourth-order valence-corrected chi connectivity index (χ4v) is 6.02. The first kappa shape index (κ1) is 23.0. The molecular formula is C29H27N11. The number of benzene rings is 1. The smallest absolute Gasteiger partial charge is 0.167 e. The van der Waals surface area contributed by atoms with E-state index >= 15 is 0 Å². The molecule has 6 aromatic rings. The van der Waals surface area contributed by atoms with E-state index in [1.807, 2.05) is 41.2 Å². The Hall–Kier alpha value is -4.90. The van der Waals surface area contributed by atoms with Crippen molar-refractivity contribution in [3.63, 3.8) is 0 Å². The molecule has 6 heterocycles. The van der Waals surface area contributed by atoms with Crippen molar-refractivity contribution in [2.24, 2.45) is 0 Å². The maximum atomic E-state index is 6.33. The number of imidazole rings is 1. The lowest BCUT2D eigenvalue weighted by Crippen LogP contribution is -2.41. The number of nitrogen functional groups attached to an aromatic ring is 1. The first-order valence-electron chi connectivity index (χ1n) is 13.5. The van der Waals surface area contributed by atoms with Gasteiger partial charge in [-0.2, -0.15) is 5.10 Å². The number of rotatable bonds is 5. The first-order chi connectivity index (χ1) is 19.6. The average molecular weight is 530 g/mol. The summed E-state index contributed by atoms with van der Waals surface area (Å²) in [7, 11) is 2.14. The Morgan fingerprint density at radius 1 is 1.00 bits per heavy atom. The third-order valence-corrected chi connectivity index (χ3v) is 8.07. The summed E-state index contributed by atoms with van der Waals surface area (Å²) in [6.07, 6.45) is 9.39. The highest BCUT2D eigenvalue weighted by Crippen LogP contribution is 2.38. The molecule has 1 aromatic carbocycles. The molecule has 2 aliphatic rings. The van der Waals surface area contributed by atoms with Crippen LogP contribution in [-0.2, 0) is 6.42 Å². The van der Waals surface area contributed by atoms with E-state index in [1.54, 1.807) is 17.1 Å². The number of likely N-dealkylation sites (N-methyl/N-ethyl adjacent to an activating group) is 1. The largest absolute Gasteiger partial charge is 0.383 e. The van der Waals surface area contributed by atoms with Gasteiger partial charge in [0.25, 0.3) is 0 Å². The summed E-state index contributed by atoms with van der Waals surface area (Å²) in [4.78, 5) is 16.6. The quantitative estimate of drug-likeness (QED) is 0.361. The third-order valence-electron chi connectivity index (χ3n) is 8.07. The summed E-state index contributed by atoms with van der Waals surface area (Å²) < 4.78 is 5.87.